The van der Waals surface area contributed by atoms with Crippen LogP contribution in [0.25, 0.3) is 0 Å². The molecule has 0 saturated carbocycles. The maximum Gasteiger partial charge on any atom is 0.124 e. The van der Waals surface area contributed by atoms with Crippen molar-refractivity contribution >= 4 is 0 Å². The number of nitrogens with zero attached hydrogens (tertiary/aromatic N) is 2. The van der Waals surface area contributed by atoms with Gasteiger partial charge in [-0.1, -0.05) is 32.0 Å². The fourth-order valence-corrected chi connectivity index (χ4v) is 3.67. The van der Waals surface area contributed by atoms with E-state index in [9.17, 15) is 0 Å². The summed E-state index contributed by atoms with van der Waals surface area (Å²) in [6.45, 7) is 11.6. The second kappa shape index (κ2) is 7.47. The Balaban J connectivity index is 1.62. The highest BCUT2D eigenvalue weighted by Crippen LogP contribution is 2.36. The molecule has 0 amide bonds. The highest BCUT2D eigenvalue weighted by atomic mass is 16.5. The number of benzene rings is 1. The smallest absolute Gasteiger partial charge is 0.124 e. The van der Waals surface area contributed by atoms with Gasteiger partial charge < -0.3 is 9.64 Å². The average molecular weight is 302 g/mol. The fraction of sp³-hybridized carbons (Fsp3) is 0.684. The summed E-state index contributed by atoms with van der Waals surface area (Å²) in [5.41, 5.74) is 1.39. The normalized spacial score (nSPS) is 23.9. The Labute approximate surface area is 135 Å². The second-order valence-electron chi connectivity index (χ2n) is 7.10. The van der Waals surface area contributed by atoms with Crippen LogP contribution in [-0.4, -0.2) is 49.1 Å². The summed E-state index contributed by atoms with van der Waals surface area (Å²) < 4.78 is 5.82. The monoisotopic (exact) mass is 302 g/mol. The summed E-state index contributed by atoms with van der Waals surface area (Å²) in [5.74, 6) is 1.90. The van der Waals surface area contributed by atoms with Crippen LogP contribution >= 0.6 is 0 Å². The van der Waals surface area contributed by atoms with E-state index < -0.39 is 0 Å². The number of hydrogen-bond acceptors (Lipinski definition) is 3. The standard InChI is InChI=1S/C19H30N2O/c1-16(2)8-12-20-10-5-11-21(14-13-20)18-9-15-22-19-7-4-3-6-17(18)19/h3-4,6-7,16,18H,5,8-15H2,1-2H3. The highest BCUT2D eigenvalue weighted by molar-refractivity contribution is 5.37. The van der Waals surface area contributed by atoms with Crippen molar-refractivity contribution in [1.29, 1.82) is 0 Å². The van der Waals surface area contributed by atoms with Crippen molar-refractivity contribution < 1.29 is 4.74 Å². The van der Waals surface area contributed by atoms with Gasteiger partial charge in [0.1, 0.15) is 5.75 Å². The van der Waals surface area contributed by atoms with Crippen LogP contribution in [0.4, 0.5) is 0 Å². The molecule has 1 unspecified atom stereocenters. The van der Waals surface area contributed by atoms with Crippen LogP contribution in [0.15, 0.2) is 24.3 Å². The van der Waals surface area contributed by atoms with Gasteiger partial charge in [-0.3, -0.25) is 4.90 Å². The molecule has 3 heteroatoms. The number of rotatable bonds is 4. The molecule has 1 aromatic rings. The van der Waals surface area contributed by atoms with Gasteiger partial charge in [0.15, 0.2) is 0 Å². The van der Waals surface area contributed by atoms with Gasteiger partial charge in [0.2, 0.25) is 0 Å². The number of hydrogen-bond donors (Lipinski definition) is 0. The molecule has 3 rings (SSSR count). The molecular weight excluding hydrogens is 272 g/mol. The van der Waals surface area contributed by atoms with Gasteiger partial charge in [-0.25, -0.2) is 0 Å². The molecule has 0 bridgehead atoms. The Morgan fingerprint density at radius 2 is 2.00 bits per heavy atom. The molecule has 2 heterocycles. The van der Waals surface area contributed by atoms with Crippen molar-refractivity contribution in [3.8, 4) is 5.75 Å². The molecule has 2 aliphatic heterocycles. The quantitative estimate of drug-likeness (QED) is 0.846. The predicted octanol–water partition coefficient (Wildman–Crippen LogP) is 3.56. The minimum atomic E-state index is 0.551. The van der Waals surface area contributed by atoms with Crippen LogP contribution in [0.3, 0.4) is 0 Å². The van der Waals surface area contributed by atoms with Crippen molar-refractivity contribution in [3.63, 3.8) is 0 Å². The first-order chi connectivity index (χ1) is 10.7. The summed E-state index contributed by atoms with van der Waals surface area (Å²) in [7, 11) is 0. The lowest BCUT2D eigenvalue weighted by Gasteiger charge is -2.35. The van der Waals surface area contributed by atoms with Crippen molar-refractivity contribution in [1.82, 2.24) is 9.80 Å². The van der Waals surface area contributed by atoms with Crippen LogP contribution in [0, 0.1) is 5.92 Å². The highest BCUT2D eigenvalue weighted by Gasteiger charge is 2.28. The molecule has 0 radical (unpaired) electrons. The Morgan fingerprint density at radius 3 is 2.86 bits per heavy atom. The van der Waals surface area contributed by atoms with E-state index in [0.29, 0.717) is 6.04 Å². The Hall–Kier alpha value is -1.06. The van der Waals surface area contributed by atoms with E-state index >= 15 is 0 Å². The molecule has 1 saturated heterocycles. The zero-order valence-electron chi connectivity index (χ0n) is 14.1. The van der Waals surface area contributed by atoms with Gasteiger partial charge in [-0.2, -0.15) is 0 Å². The van der Waals surface area contributed by atoms with Gasteiger partial charge in [-0.05, 0) is 37.9 Å². The fourth-order valence-electron chi connectivity index (χ4n) is 3.67. The first kappa shape index (κ1) is 15.8. The lowest BCUT2D eigenvalue weighted by molar-refractivity contribution is 0.142. The second-order valence-corrected chi connectivity index (χ2v) is 7.10. The van der Waals surface area contributed by atoms with Crippen LogP contribution in [-0.2, 0) is 0 Å². The van der Waals surface area contributed by atoms with Crippen LogP contribution in [0.5, 0.6) is 5.75 Å². The van der Waals surface area contributed by atoms with E-state index in [1.807, 2.05) is 0 Å². The van der Waals surface area contributed by atoms with E-state index in [4.69, 9.17) is 4.74 Å². The Kier molecular flexibility index (Phi) is 5.37. The van der Waals surface area contributed by atoms with Gasteiger partial charge in [-0.15, -0.1) is 0 Å². The maximum atomic E-state index is 5.82. The largest absolute Gasteiger partial charge is 0.493 e. The average Bonchev–Trinajstić information content (AvgIpc) is 2.78. The molecule has 1 aromatic carbocycles. The van der Waals surface area contributed by atoms with E-state index in [-0.39, 0.29) is 0 Å². The van der Waals surface area contributed by atoms with Crippen molar-refractivity contribution in [3.05, 3.63) is 29.8 Å². The molecule has 22 heavy (non-hydrogen) atoms. The number of ether oxygens (including phenoxy) is 1. The zero-order valence-corrected chi connectivity index (χ0v) is 14.1. The SMILES string of the molecule is CC(C)CCN1CCCN(C2CCOc3ccccc32)CC1. The van der Waals surface area contributed by atoms with E-state index in [2.05, 4.69) is 47.9 Å². The van der Waals surface area contributed by atoms with Crippen molar-refractivity contribution in [2.75, 3.05) is 39.3 Å². The maximum absolute atomic E-state index is 5.82. The van der Waals surface area contributed by atoms with Crippen LogP contribution in [0.1, 0.15) is 44.7 Å². The third-order valence-corrected chi connectivity index (χ3v) is 5.01. The third kappa shape index (κ3) is 3.82. The molecule has 3 nitrogen and oxygen atoms in total. The lowest BCUT2D eigenvalue weighted by atomic mass is 9.99. The van der Waals surface area contributed by atoms with Crippen molar-refractivity contribution in [2.24, 2.45) is 5.92 Å². The molecule has 0 N–H and O–H groups in total. The van der Waals surface area contributed by atoms with E-state index in [1.165, 1.54) is 51.1 Å². The summed E-state index contributed by atoms with van der Waals surface area (Å²) >= 11 is 0. The predicted molar refractivity (Wildman–Crippen MR) is 91.4 cm³/mol. The summed E-state index contributed by atoms with van der Waals surface area (Å²) in [4.78, 5) is 5.35. The molecule has 1 fully saturated rings. The van der Waals surface area contributed by atoms with Gasteiger partial charge >= 0.3 is 0 Å². The molecular formula is C19H30N2O. The molecule has 122 valence electrons. The summed E-state index contributed by atoms with van der Waals surface area (Å²) in [6.07, 6.45) is 3.74. The molecule has 1 atom stereocenters. The zero-order chi connectivity index (χ0) is 15.4. The van der Waals surface area contributed by atoms with Gasteiger partial charge in [0.25, 0.3) is 0 Å². The molecule has 2 aliphatic rings. The molecule has 0 spiro atoms. The Bertz CT molecular complexity index is 474. The topological polar surface area (TPSA) is 15.7 Å². The van der Waals surface area contributed by atoms with Gasteiger partial charge in [0.05, 0.1) is 6.61 Å². The number of para-hydroxylation sites is 1. The lowest BCUT2D eigenvalue weighted by Crippen LogP contribution is -2.36. The van der Waals surface area contributed by atoms with Crippen LogP contribution < -0.4 is 4.74 Å². The summed E-state index contributed by atoms with van der Waals surface area (Å²) in [6, 6.07) is 9.15. The minimum Gasteiger partial charge on any atom is -0.493 e. The molecule has 0 aliphatic carbocycles. The first-order valence-corrected chi connectivity index (χ1v) is 8.92. The minimum absolute atomic E-state index is 0.551. The van der Waals surface area contributed by atoms with Gasteiger partial charge in [0, 0.05) is 37.7 Å². The Morgan fingerprint density at radius 1 is 1.14 bits per heavy atom. The first-order valence-electron chi connectivity index (χ1n) is 8.92. The van der Waals surface area contributed by atoms with Crippen molar-refractivity contribution in [2.45, 2.75) is 39.2 Å². The number of fused-ring (bicyclic) bond motifs is 1. The van der Waals surface area contributed by atoms with Crippen LogP contribution in [0.2, 0.25) is 0 Å². The summed E-state index contributed by atoms with van der Waals surface area (Å²) in [5, 5.41) is 0. The third-order valence-electron chi connectivity index (χ3n) is 5.01. The van der Waals surface area contributed by atoms with E-state index in [0.717, 1.165) is 24.7 Å². The van der Waals surface area contributed by atoms with E-state index in [1.54, 1.807) is 0 Å². The molecule has 0 aromatic heterocycles.